The Labute approximate surface area is 187 Å². The minimum Gasteiger partial charge on any atom is -0.462 e. The van der Waals surface area contributed by atoms with E-state index in [0.29, 0.717) is 17.2 Å². The van der Waals surface area contributed by atoms with E-state index in [4.69, 9.17) is 9.47 Å². The van der Waals surface area contributed by atoms with Crippen LogP contribution in [0.5, 0.6) is 0 Å². The zero-order valence-electron chi connectivity index (χ0n) is 18.0. The van der Waals surface area contributed by atoms with Crippen LogP contribution in [0.2, 0.25) is 0 Å². The van der Waals surface area contributed by atoms with Gasteiger partial charge in [0.15, 0.2) is 6.04 Å². The maximum atomic E-state index is 13.4. The highest BCUT2D eigenvalue weighted by molar-refractivity contribution is 7.17. The quantitative estimate of drug-likeness (QED) is 0.614. The minimum absolute atomic E-state index is 0.117. The fourth-order valence-electron chi connectivity index (χ4n) is 4.44. The number of hydrogen-bond donors (Lipinski definition) is 2. The summed E-state index contributed by atoms with van der Waals surface area (Å²) in [5.74, 6) is -0.454. The zero-order valence-corrected chi connectivity index (χ0v) is 18.8. The normalized spacial score (nSPS) is 18.9. The summed E-state index contributed by atoms with van der Waals surface area (Å²) in [5, 5.41) is 5.77. The topological polar surface area (TPSA) is 81.2 Å². The van der Waals surface area contributed by atoms with Crippen molar-refractivity contribution >= 4 is 28.2 Å². The molecule has 1 aliphatic carbocycles. The van der Waals surface area contributed by atoms with E-state index < -0.39 is 6.04 Å². The number of rotatable bonds is 8. The number of anilines is 1. The first-order chi connectivity index (χ1) is 15.2. The number of amides is 1. The van der Waals surface area contributed by atoms with Gasteiger partial charge in [0.2, 0.25) is 0 Å². The second-order valence-corrected chi connectivity index (χ2v) is 9.22. The Morgan fingerprint density at radius 1 is 1.23 bits per heavy atom. The Kier molecular flexibility index (Phi) is 7.37. The van der Waals surface area contributed by atoms with Gasteiger partial charge in [-0.05, 0) is 51.0 Å². The number of ether oxygens (including phenoxy) is 2. The van der Waals surface area contributed by atoms with Crippen LogP contribution in [0.1, 0.15) is 65.0 Å². The van der Waals surface area contributed by atoms with Crippen LogP contribution in [0, 0.1) is 0 Å². The summed E-state index contributed by atoms with van der Waals surface area (Å²) in [6, 6.07) is 9.39. The van der Waals surface area contributed by atoms with E-state index in [1.807, 2.05) is 30.3 Å². The number of benzene rings is 1. The summed E-state index contributed by atoms with van der Waals surface area (Å²) in [7, 11) is 0. The molecule has 0 unspecified atom stereocenters. The summed E-state index contributed by atoms with van der Waals surface area (Å²) in [4.78, 5) is 27.4. The molecule has 2 atom stereocenters. The highest BCUT2D eigenvalue weighted by Gasteiger charge is 2.31. The third kappa shape index (κ3) is 5.17. The molecule has 0 saturated carbocycles. The number of thiophene rings is 1. The molecule has 1 fully saturated rings. The second-order valence-electron chi connectivity index (χ2n) is 8.12. The lowest BCUT2D eigenvalue weighted by atomic mass is 9.95. The smallest absolute Gasteiger partial charge is 0.341 e. The van der Waals surface area contributed by atoms with E-state index in [9.17, 15) is 9.59 Å². The van der Waals surface area contributed by atoms with Crippen LogP contribution < -0.4 is 10.6 Å². The molecule has 6 nitrogen and oxygen atoms in total. The van der Waals surface area contributed by atoms with Gasteiger partial charge in [0.05, 0.1) is 12.2 Å². The molecule has 3 N–H and O–H groups in total. The van der Waals surface area contributed by atoms with Gasteiger partial charge in [0, 0.05) is 17.0 Å². The number of fused-ring (bicyclic) bond motifs is 1. The van der Waals surface area contributed by atoms with Crippen LogP contribution in [-0.2, 0) is 27.1 Å². The van der Waals surface area contributed by atoms with Crippen molar-refractivity contribution in [1.29, 1.82) is 0 Å². The average Bonchev–Trinajstić information content (AvgIpc) is 3.42. The largest absolute Gasteiger partial charge is 0.462 e. The SMILES string of the molecule is CCOC(=O)c1c(NC(=O)[C@H]([NH2+]C[C@@H]2CCCO2)c2ccccc2)sc2c1CCCC2. The highest BCUT2D eigenvalue weighted by Crippen LogP contribution is 2.39. The summed E-state index contributed by atoms with van der Waals surface area (Å²) < 4.78 is 11.1. The van der Waals surface area contributed by atoms with Crippen molar-refractivity contribution in [2.75, 3.05) is 25.1 Å². The maximum absolute atomic E-state index is 13.4. The summed E-state index contributed by atoms with van der Waals surface area (Å²) in [5.41, 5.74) is 2.56. The van der Waals surface area contributed by atoms with Gasteiger partial charge in [0.1, 0.15) is 17.6 Å². The molecule has 1 saturated heterocycles. The van der Waals surface area contributed by atoms with Crippen LogP contribution in [0.3, 0.4) is 0 Å². The van der Waals surface area contributed by atoms with Crippen molar-refractivity contribution in [3.63, 3.8) is 0 Å². The van der Waals surface area contributed by atoms with Gasteiger partial charge < -0.3 is 20.1 Å². The second kappa shape index (κ2) is 10.4. The highest BCUT2D eigenvalue weighted by atomic mass is 32.1. The van der Waals surface area contributed by atoms with E-state index in [1.165, 1.54) is 16.2 Å². The molecule has 1 aliphatic heterocycles. The van der Waals surface area contributed by atoms with E-state index in [0.717, 1.165) is 62.8 Å². The third-order valence-corrected chi connectivity index (χ3v) is 7.19. The van der Waals surface area contributed by atoms with Gasteiger partial charge in [-0.15, -0.1) is 11.3 Å². The maximum Gasteiger partial charge on any atom is 0.341 e. The van der Waals surface area contributed by atoms with Crippen LogP contribution in [0.25, 0.3) is 0 Å². The lowest BCUT2D eigenvalue weighted by Gasteiger charge is -2.18. The van der Waals surface area contributed by atoms with Crippen LogP contribution in [-0.4, -0.2) is 37.7 Å². The monoisotopic (exact) mass is 443 g/mol. The third-order valence-electron chi connectivity index (χ3n) is 5.99. The van der Waals surface area contributed by atoms with Crippen molar-refractivity contribution in [1.82, 2.24) is 0 Å². The molecule has 1 aromatic heterocycles. The molecule has 7 heteroatoms. The number of aryl methyl sites for hydroxylation is 1. The van der Waals surface area contributed by atoms with Gasteiger partial charge in [-0.2, -0.15) is 0 Å². The fourth-order valence-corrected chi connectivity index (χ4v) is 5.72. The molecular formula is C24H31N2O4S+. The standard InChI is InChI=1S/C24H30N2O4S/c1-2-29-24(28)20-18-12-6-7-13-19(18)31-23(20)26-22(27)21(16-9-4-3-5-10-16)25-15-17-11-8-14-30-17/h3-5,9-10,17,21,25H,2,6-8,11-15H2,1H3,(H,26,27)/p+1/t17-,21+/m0/s1. The molecule has 0 spiro atoms. The first kappa shape index (κ1) is 22.0. The predicted molar refractivity (Wildman–Crippen MR) is 120 cm³/mol. The van der Waals surface area contributed by atoms with Crippen molar-refractivity contribution < 1.29 is 24.4 Å². The molecule has 2 aromatic rings. The van der Waals surface area contributed by atoms with Gasteiger partial charge in [-0.3, -0.25) is 4.79 Å². The van der Waals surface area contributed by atoms with Crippen LogP contribution in [0.15, 0.2) is 30.3 Å². The zero-order chi connectivity index (χ0) is 21.6. The number of carbonyl (C=O) groups is 2. The van der Waals surface area contributed by atoms with E-state index in [1.54, 1.807) is 6.92 Å². The molecule has 31 heavy (non-hydrogen) atoms. The van der Waals surface area contributed by atoms with Gasteiger partial charge in [-0.25, -0.2) is 4.79 Å². The van der Waals surface area contributed by atoms with Crippen LogP contribution >= 0.6 is 11.3 Å². The van der Waals surface area contributed by atoms with E-state index in [2.05, 4.69) is 10.6 Å². The predicted octanol–water partition coefficient (Wildman–Crippen LogP) is 3.23. The molecule has 2 heterocycles. The first-order valence-corrected chi connectivity index (χ1v) is 12.1. The van der Waals surface area contributed by atoms with E-state index >= 15 is 0 Å². The molecular weight excluding hydrogens is 412 g/mol. The first-order valence-electron chi connectivity index (χ1n) is 11.3. The summed E-state index contributed by atoms with van der Waals surface area (Å²) in [6.45, 7) is 3.65. The molecule has 4 rings (SSSR count). The molecule has 0 bridgehead atoms. The lowest BCUT2D eigenvalue weighted by Crippen LogP contribution is -2.89. The summed E-state index contributed by atoms with van der Waals surface area (Å²) in [6.07, 6.45) is 6.28. The number of nitrogens with one attached hydrogen (secondary N) is 1. The Balaban J connectivity index is 1.57. The fraction of sp³-hybridized carbons (Fsp3) is 0.500. The molecule has 1 amide bonds. The number of nitrogens with two attached hydrogens (primary N) is 1. The Bertz CT molecular complexity index is 906. The van der Waals surface area contributed by atoms with E-state index in [-0.39, 0.29) is 18.0 Å². The van der Waals surface area contributed by atoms with Crippen LogP contribution in [0.4, 0.5) is 5.00 Å². The summed E-state index contributed by atoms with van der Waals surface area (Å²) >= 11 is 1.53. The Hall–Kier alpha value is -2.22. The number of esters is 1. The Morgan fingerprint density at radius 3 is 2.77 bits per heavy atom. The molecule has 2 aliphatic rings. The van der Waals surface area contributed by atoms with Crippen molar-refractivity contribution in [3.05, 3.63) is 51.9 Å². The van der Waals surface area contributed by atoms with Gasteiger partial charge in [0.25, 0.3) is 5.91 Å². The lowest BCUT2D eigenvalue weighted by molar-refractivity contribution is -0.687. The van der Waals surface area contributed by atoms with Gasteiger partial charge in [-0.1, -0.05) is 30.3 Å². The number of hydrogen-bond acceptors (Lipinski definition) is 5. The minimum atomic E-state index is -0.403. The number of carbonyl (C=O) groups excluding carboxylic acids is 2. The van der Waals surface area contributed by atoms with Crippen molar-refractivity contribution in [2.24, 2.45) is 0 Å². The Morgan fingerprint density at radius 2 is 2.03 bits per heavy atom. The molecule has 0 radical (unpaired) electrons. The molecule has 166 valence electrons. The van der Waals surface area contributed by atoms with Crippen molar-refractivity contribution in [2.45, 2.75) is 57.6 Å². The number of quaternary nitrogens is 1. The molecule has 1 aromatic carbocycles. The van der Waals surface area contributed by atoms with Gasteiger partial charge >= 0.3 is 5.97 Å². The average molecular weight is 444 g/mol. The van der Waals surface area contributed by atoms with Crippen molar-refractivity contribution in [3.8, 4) is 0 Å².